The molecule has 0 radical (unpaired) electrons. The Hall–Kier alpha value is -7.09. The highest BCUT2D eigenvalue weighted by Gasteiger charge is 2.38. The van der Waals surface area contributed by atoms with E-state index in [1.54, 1.807) is 53.6 Å². The number of rotatable bonds is 12. The quantitative estimate of drug-likeness (QED) is 0.122. The molecule has 300 valence electrons. The van der Waals surface area contributed by atoms with E-state index in [0.717, 1.165) is 40.6 Å². The molecule has 14 nitrogen and oxygen atoms in total. The highest BCUT2D eigenvalue weighted by molar-refractivity contribution is 5.99. The summed E-state index contributed by atoms with van der Waals surface area (Å²) in [6, 6.07) is 27.5. The monoisotopic (exact) mass is 792 g/mol. The Bertz CT molecular complexity index is 2550. The number of aromatic nitrogens is 3. The molecule has 14 heteroatoms. The summed E-state index contributed by atoms with van der Waals surface area (Å²) in [6.45, 7) is 2.38. The normalized spacial score (nSPS) is 16.9. The molecular formula is C45H44N8O6. The lowest BCUT2D eigenvalue weighted by atomic mass is 10.0. The first-order chi connectivity index (χ1) is 28.6. The van der Waals surface area contributed by atoms with Crippen LogP contribution in [0.2, 0.25) is 0 Å². The fourth-order valence-electron chi connectivity index (χ4n) is 8.15. The standard InChI is InChI=1S/C45H44N8O6/c1-27(54)48-41(28-10-3-2-4-11-28)45(58)53-21-9-17-37(53)43(57)49-33-15-7-14-32(22-33)44-47-26-38(59-44)31-18-19-34-35(23-31)51-42(50-34)36-16-8-20-52(36)40(56)25-30-13-6-5-12-29(30)24-39(46)55/h2-7,10-15,18-19,22-23,26,36-37,41H,8-9,16-17,20-21,24-25H2,1H3,(H2,46,55)(H,48,54)(H,49,57)(H,50,51)/t36-,37-,41?/m0/s1. The average molecular weight is 793 g/mol. The fourth-order valence-corrected chi connectivity index (χ4v) is 8.15. The van der Waals surface area contributed by atoms with Crippen molar-refractivity contribution in [1.29, 1.82) is 0 Å². The lowest BCUT2D eigenvalue weighted by molar-refractivity contribution is -0.140. The van der Waals surface area contributed by atoms with Crippen molar-refractivity contribution in [2.75, 3.05) is 18.4 Å². The molecule has 59 heavy (non-hydrogen) atoms. The molecular weight excluding hydrogens is 749 g/mol. The Morgan fingerprint density at radius 2 is 1.59 bits per heavy atom. The SMILES string of the molecule is CC(=O)NC(C(=O)N1CCC[C@H]1C(=O)Nc1cccc(-c2ncc(-c3ccc4nc([C@@H]5CCCN5C(=O)Cc5ccccc5CC(N)=O)[nH]c4c3)o2)c1)c1ccccc1. The predicted octanol–water partition coefficient (Wildman–Crippen LogP) is 5.63. The van der Waals surface area contributed by atoms with Crippen molar-refractivity contribution in [3.63, 3.8) is 0 Å². The Morgan fingerprint density at radius 1 is 0.847 bits per heavy atom. The molecule has 3 atom stereocenters. The maximum absolute atomic E-state index is 13.7. The number of nitrogens with one attached hydrogen (secondary N) is 3. The third-order valence-corrected chi connectivity index (χ3v) is 10.9. The molecule has 5 amide bonds. The Balaban J connectivity index is 0.943. The van der Waals surface area contributed by atoms with E-state index in [-0.39, 0.29) is 42.5 Å². The summed E-state index contributed by atoms with van der Waals surface area (Å²) in [5.41, 5.74) is 11.1. The van der Waals surface area contributed by atoms with Crippen molar-refractivity contribution < 1.29 is 28.4 Å². The molecule has 1 unspecified atom stereocenters. The third-order valence-electron chi connectivity index (χ3n) is 10.9. The minimum absolute atomic E-state index is 0.0327. The van der Waals surface area contributed by atoms with Gasteiger partial charge in [-0.3, -0.25) is 24.0 Å². The topological polar surface area (TPSA) is 197 Å². The molecule has 5 N–H and O–H groups in total. The van der Waals surface area contributed by atoms with Gasteiger partial charge in [0.25, 0.3) is 0 Å². The number of benzene rings is 4. The Kier molecular flexibility index (Phi) is 11.0. The van der Waals surface area contributed by atoms with Crippen LogP contribution in [0.25, 0.3) is 33.8 Å². The van der Waals surface area contributed by atoms with E-state index in [9.17, 15) is 24.0 Å². The minimum Gasteiger partial charge on any atom is -0.436 e. The predicted molar refractivity (Wildman–Crippen MR) is 220 cm³/mol. The number of anilines is 1. The van der Waals surface area contributed by atoms with E-state index in [2.05, 4.69) is 20.6 Å². The van der Waals surface area contributed by atoms with Crippen LogP contribution in [-0.2, 0) is 36.8 Å². The summed E-state index contributed by atoms with van der Waals surface area (Å²) in [7, 11) is 0. The van der Waals surface area contributed by atoms with E-state index < -0.39 is 18.0 Å². The molecule has 0 bridgehead atoms. The molecule has 2 fully saturated rings. The zero-order valence-corrected chi connectivity index (χ0v) is 32.5. The second-order valence-electron chi connectivity index (χ2n) is 15.0. The fraction of sp³-hybridized carbons (Fsp3) is 0.267. The molecule has 2 aromatic heterocycles. The number of primary amides is 1. The molecule has 6 aromatic rings. The molecule has 4 heterocycles. The number of fused-ring (bicyclic) bond motifs is 1. The number of aromatic amines is 1. The van der Waals surface area contributed by atoms with Gasteiger partial charge >= 0.3 is 0 Å². The van der Waals surface area contributed by atoms with Crippen molar-refractivity contribution in [3.05, 3.63) is 126 Å². The van der Waals surface area contributed by atoms with Gasteiger partial charge < -0.3 is 35.6 Å². The van der Waals surface area contributed by atoms with Crippen LogP contribution >= 0.6 is 0 Å². The van der Waals surface area contributed by atoms with Crippen molar-refractivity contribution in [2.24, 2.45) is 5.73 Å². The van der Waals surface area contributed by atoms with Gasteiger partial charge in [0.2, 0.25) is 35.4 Å². The first-order valence-corrected chi connectivity index (χ1v) is 19.8. The highest BCUT2D eigenvalue weighted by atomic mass is 16.4. The van der Waals surface area contributed by atoms with Crippen LogP contribution in [0.4, 0.5) is 5.69 Å². The third kappa shape index (κ3) is 8.47. The van der Waals surface area contributed by atoms with E-state index in [1.165, 1.54) is 6.92 Å². The summed E-state index contributed by atoms with van der Waals surface area (Å²) in [5.74, 6) is 0.138. The van der Waals surface area contributed by atoms with E-state index in [4.69, 9.17) is 15.1 Å². The van der Waals surface area contributed by atoms with Gasteiger partial charge in [0.1, 0.15) is 17.9 Å². The minimum atomic E-state index is -0.898. The number of H-pyrrole nitrogens is 1. The van der Waals surface area contributed by atoms with E-state index >= 15 is 0 Å². The smallest absolute Gasteiger partial charge is 0.250 e. The molecule has 2 aliphatic heterocycles. The second kappa shape index (κ2) is 16.8. The van der Waals surface area contributed by atoms with Crippen LogP contribution in [0.3, 0.4) is 0 Å². The van der Waals surface area contributed by atoms with Crippen molar-refractivity contribution >= 4 is 46.3 Å². The lowest BCUT2D eigenvalue weighted by Gasteiger charge is -2.28. The van der Waals surface area contributed by atoms with Gasteiger partial charge in [0.05, 0.1) is 36.1 Å². The van der Waals surface area contributed by atoms with E-state index in [0.29, 0.717) is 60.2 Å². The van der Waals surface area contributed by atoms with Gasteiger partial charge in [-0.2, -0.15) is 0 Å². The molecule has 2 saturated heterocycles. The Morgan fingerprint density at radius 3 is 2.37 bits per heavy atom. The Labute approximate surface area is 340 Å². The number of hydrogen-bond donors (Lipinski definition) is 4. The van der Waals surface area contributed by atoms with Crippen LogP contribution in [0.1, 0.15) is 67.2 Å². The molecule has 0 aliphatic carbocycles. The van der Waals surface area contributed by atoms with Crippen molar-refractivity contribution in [1.82, 2.24) is 30.1 Å². The molecule has 8 rings (SSSR count). The van der Waals surface area contributed by atoms with Crippen LogP contribution < -0.4 is 16.4 Å². The number of nitrogens with zero attached hydrogens (tertiary/aromatic N) is 4. The second-order valence-corrected chi connectivity index (χ2v) is 15.0. The largest absolute Gasteiger partial charge is 0.436 e. The van der Waals surface area contributed by atoms with Gasteiger partial charge in [-0.15, -0.1) is 0 Å². The highest BCUT2D eigenvalue weighted by Crippen LogP contribution is 2.34. The molecule has 0 spiro atoms. The van der Waals surface area contributed by atoms with Crippen LogP contribution in [0.15, 0.2) is 108 Å². The lowest BCUT2D eigenvalue weighted by Crippen LogP contribution is -2.48. The first-order valence-electron chi connectivity index (χ1n) is 19.8. The average Bonchev–Trinajstić information content (AvgIpc) is 4.07. The number of carbonyl (C=O) groups is 5. The first kappa shape index (κ1) is 38.8. The number of carbonyl (C=O) groups excluding carboxylic acids is 5. The number of likely N-dealkylation sites (tertiary alicyclic amines) is 2. The van der Waals surface area contributed by atoms with Crippen LogP contribution in [0.5, 0.6) is 0 Å². The number of oxazole rings is 1. The van der Waals surface area contributed by atoms with Gasteiger partial charge in [-0.1, -0.05) is 60.7 Å². The molecule has 2 aliphatic rings. The van der Waals surface area contributed by atoms with Gasteiger partial charge in [-0.05, 0) is 78.8 Å². The van der Waals surface area contributed by atoms with Gasteiger partial charge in [0, 0.05) is 36.8 Å². The van der Waals surface area contributed by atoms with Crippen molar-refractivity contribution in [3.8, 4) is 22.8 Å². The molecule has 0 saturated carbocycles. The maximum atomic E-state index is 13.7. The summed E-state index contributed by atoms with van der Waals surface area (Å²) in [4.78, 5) is 80.9. The van der Waals surface area contributed by atoms with Crippen LogP contribution in [-0.4, -0.2) is 73.4 Å². The number of hydrogen-bond acceptors (Lipinski definition) is 8. The zero-order chi connectivity index (χ0) is 41.0. The molecule has 4 aromatic carbocycles. The summed E-state index contributed by atoms with van der Waals surface area (Å²) >= 11 is 0. The summed E-state index contributed by atoms with van der Waals surface area (Å²) in [5, 5.41) is 5.72. The maximum Gasteiger partial charge on any atom is 0.250 e. The summed E-state index contributed by atoms with van der Waals surface area (Å²) in [6.07, 6.45) is 4.68. The number of imidazole rings is 1. The van der Waals surface area contributed by atoms with Crippen molar-refractivity contribution in [2.45, 2.75) is 63.6 Å². The van der Waals surface area contributed by atoms with Gasteiger partial charge in [0.15, 0.2) is 5.76 Å². The summed E-state index contributed by atoms with van der Waals surface area (Å²) < 4.78 is 6.23. The van der Waals surface area contributed by atoms with E-state index in [1.807, 2.05) is 59.5 Å². The van der Waals surface area contributed by atoms with Crippen LogP contribution in [0, 0.1) is 0 Å². The van der Waals surface area contributed by atoms with Gasteiger partial charge in [-0.25, -0.2) is 9.97 Å². The zero-order valence-electron chi connectivity index (χ0n) is 32.5. The number of nitrogens with two attached hydrogens (primary N) is 1. The number of amides is 5.